The first-order valence-electron chi connectivity index (χ1n) is 6.26. The highest BCUT2D eigenvalue weighted by Gasteiger charge is 2.24. The summed E-state index contributed by atoms with van der Waals surface area (Å²) in [6.45, 7) is 0.915. The Kier molecular flexibility index (Phi) is 2.35. The molecule has 0 spiro atoms. The molecule has 19 heavy (non-hydrogen) atoms. The van der Waals surface area contributed by atoms with Crippen LogP contribution in [-0.2, 0) is 0 Å². The van der Waals surface area contributed by atoms with Crippen LogP contribution in [0.15, 0.2) is 35.0 Å². The monoisotopic (exact) mass is 273 g/mol. The second-order valence-electron chi connectivity index (χ2n) is 4.74. The van der Waals surface area contributed by atoms with Crippen LogP contribution in [-0.4, -0.2) is 16.3 Å². The maximum atomic E-state index is 13.3. The van der Waals surface area contributed by atoms with Gasteiger partial charge in [0.1, 0.15) is 11.6 Å². The molecular weight excluding hydrogens is 261 g/mol. The standard InChI is InChI=1S/C14H12FN3S/c15-10-1-2-11-12(7-10)17-18-13(3-5-16-14(11)18)9-4-6-19-8-9/h1-2,4,6-8,13,16H,3,5H2. The summed E-state index contributed by atoms with van der Waals surface area (Å²) in [5, 5.41) is 13.2. The lowest BCUT2D eigenvalue weighted by molar-refractivity contribution is 0.487. The van der Waals surface area contributed by atoms with Gasteiger partial charge in [0.15, 0.2) is 0 Å². The molecule has 0 saturated heterocycles. The molecule has 0 amide bonds. The second kappa shape index (κ2) is 4.06. The Balaban J connectivity index is 1.93. The van der Waals surface area contributed by atoms with Crippen LogP contribution >= 0.6 is 11.3 Å². The van der Waals surface area contributed by atoms with Gasteiger partial charge in [-0.25, -0.2) is 9.07 Å². The number of halogens is 1. The van der Waals surface area contributed by atoms with E-state index in [2.05, 4.69) is 27.2 Å². The number of fused-ring (bicyclic) bond motifs is 3. The molecule has 0 bridgehead atoms. The minimum absolute atomic E-state index is 0.241. The molecule has 0 fully saturated rings. The van der Waals surface area contributed by atoms with Gasteiger partial charge in [-0.3, -0.25) is 0 Å². The van der Waals surface area contributed by atoms with E-state index in [1.54, 1.807) is 17.4 Å². The van der Waals surface area contributed by atoms with E-state index in [0.29, 0.717) is 5.52 Å². The van der Waals surface area contributed by atoms with Crippen molar-refractivity contribution in [3.05, 3.63) is 46.4 Å². The quantitative estimate of drug-likeness (QED) is 0.733. The molecule has 1 aliphatic heterocycles. The van der Waals surface area contributed by atoms with Crippen LogP contribution < -0.4 is 5.32 Å². The van der Waals surface area contributed by atoms with Gasteiger partial charge in [-0.15, -0.1) is 0 Å². The molecule has 1 aliphatic rings. The topological polar surface area (TPSA) is 29.9 Å². The lowest BCUT2D eigenvalue weighted by Crippen LogP contribution is -2.23. The Labute approximate surface area is 113 Å². The normalized spacial score (nSPS) is 18.3. The van der Waals surface area contributed by atoms with Gasteiger partial charge >= 0.3 is 0 Å². The van der Waals surface area contributed by atoms with E-state index in [-0.39, 0.29) is 11.9 Å². The fourth-order valence-electron chi connectivity index (χ4n) is 2.70. The summed E-state index contributed by atoms with van der Waals surface area (Å²) in [6, 6.07) is 7.16. The van der Waals surface area contributed by atoms with Crippen LogP contribution in [0.1, 0.15) is 18.0 Å². The molecule has 0 radical (unpaired) electrons. The lowest BCUT2D eigenvalue weighted by Gasteiger charge is -2.25. The van der Waals surface area contributed by atoms with Gasteiger partial charge in [0, 0.05) is 18.0 Å². The van der Waals surface area contributed by atoms with E-state index in [1.807, 2.05) is 4.68 Å². The molecule has 0 saturated carbocycles. The molecule has 3 heterocycles. The van der Waals surface area contributed by atoms with Crippen molar-refractivity contribution >= 4 is 28.1 Å². The highest BCUT2D eigenvalue weighted by molar-refractivity contribution is 7.07. The van der Waals surface area contributed by atoms with Gasteiger partial charge in [0.2, 0.25) is 0 Å². The molecule has 1 unspecified atom stereocenters. The van der Waals surface area contributed by atoms with Crippen molar-refractivity contribution in [3.63, 3.8) is 0 Å². The van der Waals surface area contributed by atoms with E-state index < -0.39 is 0 Å². The van der Waals surface area contributed by atoms with Gasteiger partial charge in [0.05, 0.1) is 11.6 Å². The number of thiophene rings is 1. The molecule has 2 aromatic heterocycles. The molecule has 5 heteroatoms. The van der Waals surface area contributed by atoms with Gasteiger partial charge in [-0.2, -0.15) is 16.4 Å². The maximum absolute atomic E-state index is 13.3. The number of hydrogen-bond donors (Lipinski definition) is 1. The Morgan fingerprint density at radius 1 is 1.37 bits per heavy atom. The molecule has 96 valence electrons. The zero-order valence-corrected chi connectivity index (χ0v) is 11.0. The lowest BCUT2D eigenvalue weighted by atomic mass is 10.1. The number of hydrogen-bond acceptors (Lipinski definition) is 3. The number of rotatable bonds is 1. The summed E-state index contributed by atoms with van der Waals surface area (Å²) in [4.78, 5) is 0. The third kappa shape index (κ3) is 1.65. The van der Waals surface area contributed by atoms with Crippen molar-refractivity contribution in [1.29, 1.82) is 0 Å². The van der Waals surface area contributed by atoms with Gasteiger partial charge in [0.25, 0.3) is 0 Å². The van der Waals surface area contributed by atoms with E-state index >= 15 is 0 Å². The van der Waals surface area contributed by atoms with Crippen molar-refractivity contribution in [3.8, 4) is 0 Å². The third-order valence-corrected chi connectivity index (χ3v) is 4.29. The van der Waals surface area contributed by atoms with E-state index in [1.165, 1.54) is 17.7 Å². The zero-order valence-electron chi connectivity index (χ0n) is 10.1. The molecule has 3 nitrogen and oxygen atoms in total. The summed E-state index contributed by atoms with van der Waals surface area (Å²) in [7, 11) is 0. The number of anilines is 1. The molecule has 4 rings (SSSR count). The summed E-state index contributed by atoms with van der Waals surface area (Å²) in [5.74, 6) is 0.757. The van der Waals surface area contributed by atoms with E-state index in [0.717, 1.165) is 24.2 Å². The Bertz CT molecular complexity index is 733. The first-order valence-corrected chi connectivity index (χ1v) is 7.21. The predicted molar refractivity (Wildman–Crippen MR) is 75.3 cm³/mol. The minimum Gasteiger partial charge on any atom is -0.370 e. The van der Waals surface area contributed by atoms with Crippen LogP contribution in [0.2, 0.25) is 0 Å². The Hall–Kier alpha value is -1.88. The molecular formula is C14H12FN3S. The number of benzene rings is 1. The van der Waals surface area contributed by atoms with Crippen LogP contribution in [0.5, 0.6) is 0 Å². The van der Waals surface area contributed by atoms with Crippen molar-refractivity contribution in [2.75, 3.05) is 11.9 Å². The van der Waals surface area contributed by atoms with Crippen molar-refractivity contribution in [2.24, 2.45) is 0 Å². The first kappa shape index (κ1) is 11.0. The zero-order chi connectivity index (χ0) is 12.8. The average Bonchev–Trinajstić information content (AvgIpc) is 3.04. The van der Waals surface area contributed by atoms with Crippen LogP contribution in [0.4, 0.5) is 10.2 Å². The SMILES string of the molecule is Fc1ccc2c3n(nc2c1)C(c1ccsc1)CCN3. The molecule has 1 aromatic carbocycles. The van der Waals surface area contributed by atoms with Crippen molar-refractivity contribution < 1.29 is 4.39 Å². The summed E-state index contributed by atoms with van der Waals surface area (Å²) in [5.41, 5.74) is 1.99. The molecule has 0 aliphatic carbocycles. The maximum Gasteiger partial charge on any atom is 0.132 e. The smallest absolute Gasteiger partial charge is 0.132 e. The number of nitrogens with zero attached hydrogens (tertiary/aromatic N) is 2. The molecule has 1 atom stereocenters. The van der Waals surface area contributed by atoms with E-state index in [9.17, 15) is 4.39 Å². The third-order valence-electron chi connectivity index (χ3n) is 3.59. The van der Waals surface area contributed by atoms with E-state index in [4.69, 9.17) is 0 Å². The molecule has 1 N–H and O–H groups in total. The summed E-state index contributed by atoms with van der Waals surface area (Å²) in [6.07, 6.45) is 1.00. The van der Waals surface area contributed by atoms with Crippen molar-refractivity contribution in [2.45, 2.75) is 12.5 Å². The Morgan fingerprint density at radius 3 is 3.16 bits per heavy atom. The van der Waals surface area contributed by atoms with Gasteiger partial charge < -0.3 is 5.32 Å². The Morgan fingerprint density at radius 2 is 2.32 bits per heavy atom. The van der Waals surface area contributed by atoms with Crippen molar-refractivity contribution in [1.82, 2.24) is 9.78 Å². The fraction of sp³-hybridized carbons (Fsp3) is 0.214. The summed E-state index contributed by atoms with van der Waals surface area (Å²) < 4.78 is 15.3. The van der Waals surface area contributed by atoms with Crippen LogP contribution in [0.3, 0.4) is 0 Å². The highest BCUT2D eigenvalue weighted by atomic mass is 32.1. The fourth-order valence-corrected chi connectivity index (χ4v) is 3.41. The minimum atomic E-state index is -0.241. The first-order chi connectivity index (χ1) is 9.33. The largest absolute Gasteiger partial charge is 0.370 e. The van der Waals surface area contributed by atoms with Gasteiger partial charge in [-0.05, 0) is 40.9 Å². The number of aromatic nitrogens is 2. The number of nitrogens with one attached hydrogen (secondary N) is 1. The van der Waals surface area contributed by atoms with Gasteiger partial charge in [-0.1, -0.05) is 0 Å². The average molecular weight is 273 g/mol. The predicted octanol–water partition coefficient (Wildman–Crippen LogP) is 3.64. The van der Waals surface area contributed by atoms with Crippen LogP contribution in [0.25, 0.3) is 10.9 Å². The summed E-state index contributed by atoms with van der Waals surface area (Å²) >= 11 is 1.70. The molecule has 3 aromatic rings. The highest BCUT2D eigenvalue weighted by Crippen LogP contribution is 2.35. The van der Waals surface area contributed by atoms with Crippen LogP contribution in [0, 0.1) is 5.82 Å². The second-order valence-corrected chi connectivity index (χ2v) is 5.52.